The minimum atomic E-state index is -1.69. The van der Waals surface area contributed by atoms with Crippen LogP contribution in [0.2, 0.25) is 0 Å². The Morgan fingerprint density at radius 1 is 0.373 bits per heavy atom. The maximum atomic E-state index is 13.5. The number of ether oxygens (including phenoxy) is 12. The third kappa shape index (κ3) is 18.5. The molecule has 770 valence electrons. The number of esters is 3. The van der Waals surface area contributed by atoms with Gasteiger partial charge in [-0.1, -0.05) is 30.3 Å². The first kappa shape index (κ1) is 101. The number of thiocarbonyl (C=S) groups is 3. The quantitative estimate of drug-likeness (QED) is 0.00877. The van der Waals surface area contributed by atoms with Crippen molar-refractivity contribution in [1.29, 1.82) is 0 Å². The van der Waals surface area contributed by atoms with Crippen LogP contribution in [0.15, 0.2) is 246 Å². The zero-order valence-electron chi connectivity index (χ0n) is 77.4. The van der Waals surface area contributed by atoms with Crippen LogP contribution in [0.3, 0.4) is 0 Å². The summed E-state index contributed by atoms with van der Waals surface area (Å²) in [4.78, 5) is 62.9. The molecule has 10 heterocycles. The van der Waals surface area contributed by atoms with E-state index in [0.717, 1.165) is 0 Å². The fourth-order valence-corrected chi connectivity index (χ4v) is 20.2. The van der Waals surface area contributed by atoms with Crippen LogP contribution in [0.25, 0.3) is 11.0 Å². The standard InChI is InChI=1S/C37H30N2O12S.C33H29BN2O12S.C33H27N3O12S/c1-16-10-30(43)49-26-14-20(5-6-21(16)26)47-35-31(33(45)32(44)29(15-40)50-35)39-36(52)38-17-2-7-23-22(11-17)34(46)51-37(23)24-8-3-18(41)12-27(24)48-28-13-19(42)4-9-25(28)37;37-14-26-28(40)29(41)27(31(47-26)45-19-6-1-15(2-7-19)34(43)44)36-32(49)35-16-3-8-21-20(11-16)30(42)48-33(21)22-9-4-17(38)12-24(22)46-25-13-18(39)5-10-23(25)33;37-14-26-28(40)29(41)27(31(47-26)45-19-6-2-16(3-7-19)36(43)44)35-32(49)34-15-1-8-21-20(11-15)30(42)48-33(21)22-9-4-17(38)12-24(22)46-25-13-18(39)5-10-23(25)33/h2-14,29,31-33,35,40-42,44-45H,15H2,1H3,(H2,38,39,52);1-13,26-29,31,37-41,43-44H,14H2,(H2,35,36,49);1-13,26-29,31,37-41H,14H2,(H2,34,35,49). The summed E-state index contributed by atoms with van der Waals surface area (Å²) in [5.41, 5.74) is 2.00. The number of carbonyl (C=O) groups is 3. The molecule has 43 nitrogen and oxygen atoms in total. The zero-order valence-corrected chi connectivity index (χ0v) is 79.9. The molecule has 1 aromatic heterocycles. The number of anilines is 3. The van der Waals surface area contributed by atoms with Gasteiger partial charge in [-0.3, -0.25) is 10.1 Å². The van der Waals surface area contributed by atoms with Crippen molar-refractivity contribution < 1.29 is 167 Å². The van der Waals surface area contributed by atoms with Gasteiger partial charge in [0.1, 0.15) is 165 Å². The summed E-state index contributed by atoms with van der Waals surface area (Å²) in [5, 5.41) is 203. The number of aryl methyl sites for hydroxylation is 1. The van der Waals surface area contributed by atoms with Gasteiger partial charge in [0.25, 0.3) is 5.69 Å². The van der Waals surface area contributed by atoms with Gasteiger partial charge in [-0.25, -0.2) is 19.2 Å². The number of nitro benzene ring substituents is 1. The highest BCUT2D eigenvalue weighted by atomic mass is 32.1. The Labute approximate surface area is 861 Å². The average Bonchev–Trinajstić information content (AvgIpc) is 1.54. The third-order valence-corrected chi connectivity index (χ3v) is 27.2. The highest BCUT2D eigenvalue weighted by Gasteiger charge is 2.59. The fraction of sp³-hybridized carbons (Fsp3) is 0.214. The number of phenols is 6. The van der Waals surface area contributed by atoms with Crippen molar-refractivity contribution in [3.05, 3.63) is 329 Å². The van der Waals surface area contributed by atoms with Gasteiger partial charge in [-0.2, -0.15) is 0 Å². The summed E-state index contributed by atoms with van der Waals surface area (Å²) in [5.74, 6) is -0.364. The first-order valence-corrected chi connectivity index (χ1v) is 47.2. The lowest BCUT2D eigenvalue weighted by molar-refractivity contribution is -0.384. The topological polar surface area (TPSA) is 651 Å². The third-order valence-electron chi connectivity index (χ3n) is 26.5. The molecular weight excluding hydrogens is 2020 g/mol. The number of rotatable bonds is 17. The number of nitro groups is 1. The summed E-state index contributed by atoms with van der Waals surface area (Å²) in [6.45, 7) is -0.0934. The maximum Gasteiger partial charge on any atom is 0.488 e. The van der Waals surface area contributed by atoms with E-state index in [1.54, 1.807) is 97.9 Å². The number of aliphatic hydroxyl groups excluding tert-OH is 9. The molecule has 3 saturated heterocycles. The molecule has 0 bridgehead atoms. The second kappa shape index (κ2) is 40.1. The van der Waals surface area contributed by atoms with E-state index in [-0.39, 0.29) is 135 Å². The average molecular weight is 2100 g/mol. The number of nitrogens with one attached hydrogen (secondary N) is 6. The molecule has 9 aliphatic heterocycles. The number of hydrogen-bond donors (Lipinski definition) is 23. The van der Waals surface area contributed by atoms with Gasteiger partial charge in [-0.05, 0) is 200 Å². The minimum Gasteiger partial charge on any atom is -0.508 e. The molecule has 12 aromatic carbocycles. The number of hydrogen-bond acceptors (Lipinski definition) is 39. The molecule has 150 heavy (non-hydrogen) atoms. The van der Waals surface area contributed by atoms with E-state index in [2.05, 4.69) is 31.9 Å². The van der Waals surface area contributed by atoms with Crippen LogP contribution in [0.4, 0.5) is 22.7 Å². The SMILES string of the molecule is Cc1cc(=O)oc2cc(OC3OC(CO)C(O)C(O)C3NC(=S)Nc3ccc4c(c3)C(=O)OC43c4ccc(O)cc4Oc4cc(O)ccc43)ccc12.O=C1OC2(c3ccc(O)cc3Oc3cc(O)ccc32)c2ccc(NC(=S)NC3C(Oc4ccc(B(O)O)cc4)OC(CO)C(O)C3O)cc21.O=C1OC2(c3ccc(O)cc3Oc3cc(O)ccc32)c2ccc(NC(=S)NC3C(Oc4ccc([N+](=O)[O-])cc4)OC(CO)C(O)C3O)cc21. The molecule has 15 atom stereocenters. The Bertz CT molecular complexity index is 7530. The largest absolute Gasteiger partial charge is 0.508 e. The van der Waals surface area contributed by atoms with Crippen molar-refractivity contribution in [3.8, 4) is 86.2 Å². The normalized spacial score (nSPS) is 22.8. The Kier molecular flexibility index (Phi) is 27.1. The lowest BCUT2D eigenvalue weighted by atomic mass is 9.77. The molecule has 3 spiro atoms. The number of aromatic hydroxyl groups is 6. The summed E-state index contributed by atoms with van der Waals surface area (Å²) >= 11 is 16.6. The van der Waals surface area contributed by atoms with Crippen LogP contribution < -0.4 is 71.4 Å². The van der Waals surface area contributed by atoms with Crippen LogP contribution in [-0.2, 0) is 45.2 Å². The van der Waals surface area contributed by atoms with E-state index < -0.39 is 164 Å². The Balaban J connectivity index is 0.000000136. The smallest absolute Gasteiger partial charge is 0.488 e. The second-order valence-electron chi connectivity index (χ2n) is 35.8. The van der Waals surface area contributed by atoms with E-state index in [0.29, 0.717) is 78.1 Å². The monoisotopic (exact) mass is 2100 g/mol. The van der Waals surface area contributed by atoms with Crippen molar-refractivity contribution in [2.24, 2.45) is 0 Å². The summed E-state index contributed by atoms with van der Waals surface area (Å²) in [7, 11) is -1.69. The van der Waals surface area contributed by atoms with E-state index >= 15 is 0 Å². The molecule has 22 rings (SSSR count). The molecule has 9 aliphatic rings. The van der Waals surface area contributed by atoms with Gasteiger partial charge in [-0.15, -0.1) is 0 Å². The summed E-state index contributed by atoms with van der Waals surface area (Å²) in [6.07, 6.45) is -16.6. The lowest BCUT2D eigenvalue weighted by Crippen LogP contribution is -2.65. The second-order valence-corrected chi connectivity index (χ2v) is 37.1. The lowest BCUT2D eigenvalue weighted by Gasteiger charge is -2.42. The number of phenolic OH excluding ortho intramolecular Hbond substituents is 6. The maximum absolute atomic E-state index is 13.5. The summed E-state index contributed by atoms with van der Waals surface area (Å²) in [6, 6.07) is 54.7. The number of fused-ring (bicyclic) bond motifs is 19. The Hall–Kier alpha value is -16.2. The van der Waals surface area contributed by atoms with Crippen LogP contribution in [0, 0.1) is 17.0 Å². The predicted molar refractivity (Wildman–Crippen MR) is 535 cm³/mol. The fourth-order valence-electron chi connectivity index (χ4n) is 19.5. The molecule has 13 aromatic rings. The molecule has 0 radical (unpaired) electrons. The van der Waals surface area contributed by atoms with Crippen molar-refractivity contribution >= 4 is 116 Å². The molecule has 3 fully saturated rings. The molecule has 47 heteroatoms. The number of nitrogens with zero attached hydrogens (tertiary/aromatic N) is 1. The van der Waals surface area contributed by atoms with Crippen molar-refractivity contribution in [1.82, 2.24) is 16.0 Å². The van der Waals surface area contributed by atoms with Gasteiger partial charge < -0.3 is 180 Å². The van der Waals surface area contributed by atoms with E-state index in [1.807, 2.05) is 0 Å². The Morgan fingerprint density at radius 3 is 0.953 bits per heavy atom. The van der Waals surface area contributed by atoms with Crippen LogP contribution in [-0.4, -0.2) is 244 Å². The van der Waals surface area contributed by atoms with Crippen LogP contribution in [0.1, 0.15) is 86.7 Å². The zero-order chi connectivity index (χ0) is 106. The highest BCUT2D eigenvalue weighted by molar-refractivity contribution is 7.81. The first-order chi connectivity index (χ1) is 71.9. The number of non-ortho nitro benzene ring substituents is 1. The molecule has 0 aliphatic carbocycles. The summed E-state index contributed by atoms with van der Waals surface area (Å²) < 4.78 is 76.7. The molecular formula is C103H86BN7O36S3. The number of benzene rings is 12. The van der Waals surface area contributed by atoms with Gasteiger partial charge >= 0.3 is 30.7 Å². The van der Waals surface area contributed by atoms with Crippen molar-refractivity contribution in [2.75, 3.05) is 35.8 Å². The van der Waals surface area contributed by atoms with Gasteiger partial charge in [0.15, 0.2) is 32.1 Å². The Morgan fingerprint density at radius 2 is 0.660 bits per heavy atom. The van der Waals surface area contributed by atoms with E-state index in [9.17, 15) is 116 Å². The first-order valence-electron chi connectivity index (χ1n) is 45.9. The molecule has 15 unspecified atom stereocenters. The molecule has 23 N–H and O–H groups in total. The van der Waals surface area contributed by atoms with Gasteiger partial charge in [0, 0.05) is 133 Å². The molecule has 0 saturated carbocycles. The number of carbonyl (C=O) groups excluding carboxylic acids is 3. The van der Waals surface area contributed by atoms with E-state index in [1.165, 1.54) is 146 Å². The van der Waals surface area contributed by atoms with Crippen LogP contribution in [0.5, 0.6) is 86.2 Å². The number of aliphatic hydroxyl groups is 9. The van der Waals surface area contributed by atoms with Gasteiger partial charge in [0.2, 0.25) is 18.9 Å². The highest BCUT2D eigenvalue weighted by Crippen LogP contribution is 2.62. The van der Waals surface area contributed by atoms with Crippen molar-refractivity contribution in [2.45, 2.75) is 116 Å². The molecule has 0 amide bonds. The van der Waals surface area contributed by atoms with Gasteiger partial charge in [0.05, 0.1) is 41.4 Å². The van der Waals surface area contributed by atoms with Crippen molar-refractivity contribution in [3.63, 3.8) is 0 Å². The van der Waals surface area contributed by atoms with Crippen LogP contribution >= 0.6 is 36.7 Å². The predicted octanol–water partition coefficient (Wildman–Crippen LogP) is 6.52. The van der Waals surface area contributed by atoms with E-state index in [4.69, 9.17) is 97.9 Å². The minimum absolute atomic E-state index is 0.0373.